The van der Waals surface area contributed by atoms with Crippen molar-refractivity contribution in [2.45, 2.75) is 72.3 Å². The molecule has 0 aliphatic heterocycles. The van der Waals surface area contributed by atoms with Crippen LogP contribution in [0.25, 0.3) is 0 Å². The molecule has 2 aliphatic rings. The lowest BCUT2D eigenvalue weighted by Gasteiger charge is -2.32. The van der Waals surface area contributed by atoms with Crippen LogP contribution in [0.1, 0.15) is 66.2 Å². The number of amides is 1. The van der Waals surface area contributed by atoms with Gasteiger partial charge in [-0.2, -0.15) is 0 Å². The van der Waals surface area contributed by atoms with Crippen LogP contribution in [0.4, 0.5) is 0 Å². The van der Waals surface area contributed by atoms with Crippen LogP contribution in [0.15, 0.2) is 0 Å². The third-order valence-electron chi connectivity index (χ3n) is 6.09. The quantitative estimate of drug-likeness (QED) is 0.832. The zero-order valence-corrected chi connectivity index (χ0v) is 13.1. The van der Waals surface area contributed by atoms with E-state index in [1.54, 1.807) is 0 Å². The normalized spacial score (nSPS) is 26.8. The first-order valence-electron chi connectivity index (χ1n) is 7.66. The monoisotopic (exact) mass is 281 g/mol. The van der Waals surface area contributed by atoms with E-state index >= 15 is 0 Å². The molecule has 0 bridgehead atoms. The highest BCUT2D eigenvalue weighted by Crippen LogP contribution is 2.62. The number of hydrogen-bond donors (Lipinski definition) is 2. The van der Waals surface area contributed by atoms with Gasteiger partial charge in [-0.25, -0.2) is 0 Å². The molecule has 0 aromatic carbocycles. The molecular formula is C16H27NO3. The third-order valence-corrected chi connectivity index (χ3v) is 6.09. The molecule has 0 saturated heterocycles. The number of carbonyl (C=O) groups is 2. The Morgan fingerprint density at radius 2 is 1.55 bits per heavy atom. The molecule has 0 radical (unpaired) electrons. The van der Waals surface area contributed by atoms with Gasteiger partial charge in [-0.3, -0.25) is 9.59 Å². The second-order valence-electron chi connectivity index (χ2n) is 7.77. The molecule has 4 heteroatoms. The molecule has 114 valence electrons. The number of aliphatic carboxylic acids is 1. The summed E-state index contributed by atoms with van der Waals surface area (Å²) in [6.07, 6.45) is 4.31. The minimum atomic E-state index is -0.828. The predicted molar refractivity (Wildman–Crippen MR) is 77.3 cm³/mol. The van der Waals surface area contributed by atoms with Gasteiger partial charge in [0.15, 0.2) is 0 Å². The lowest BCUT2D eigenvalue weighted by Crippen LogP contribution is -2.40. The van der Waals surface area contributed by atoms with Crippen molar-refractivity contribution in [3.63, 3.8) is 0 Å². The Morgan fingerprint density at radius 3 is 1.95 bits per heavy atom. The molecule has 2 aliphatic carbocycles. The summed E-state index contributed by atoms with van der Waals surface area (Å²) in [5, 5.41) is 12.6. The van der Waals surface area contributed by atoms with Gasteiger partial charge in [0.1, 0.15) is 0 Å². The van der Waals surface area contributed by atoms with Crippen LogP contribution >= 0.6 is 0 Å². The summed E-state index contributed by atoms with van der Waals surface area (Å²) in [5.74, 6) is -0.903. The minimum Gasteiger partial charge on any atom is -0.481 e. The topological polar surface area (TPSA) is 66.4 Å². The van der Waals surface area contributed by atoms with E-state index in [-0.39, 0.29) is 29.2 Å². The first kappa shape index (κ1) is 15.3. The first-order valence-corrected chi connectivity index (χ1v) is 7.66. The van der Waals surface area contributed by atoms with Crippen molar-refractivity contribution in [1.29, 1.82) is 0 Å². The van der Waals surface area contributed by atoms with Crippen LogP contribution in [0.3, 0.4) is 0 Å². The zero-order chi connectivity index (χ0) is 15.2. The summed E-state index contributed by atoms with van der Waals surface area (Å²) in [7, 11) is 0. The van der Waals surface area contributed by atoms with Crippen molar-refractivity contribution in [2.75, 3.05) is 0 Å². The van der Waals surface area contributed by atoms with Crippen molar-refractivity contribution in [3.8, 4) is 0 Å². The Kier molecular flexibility index (Phi) is 3.64. The second-order valence-corrected chi connectivity index (χ2v) is 7.77. The van der Waals surface area contributed by atoms with Crippen LogP contribution in [-0.2, 0) is 9.59 Å². The number of nitrogens with one attached hydrogen (secondary N) is 1. The molecule has 0 aromatic heterocycles. The van der Waals surface area contributed by atoms with Gasteiger partial charge in [0, 0.05) is 12.5 Å². The standard InChI is InChI=1S/C16H27NO3/c1-14(2)12(15(14,3)4)17-11(18)10-16(13(19)20)8-6-5-7-9-16/h12H,5-10H2,1-4H3,(H,17,18)(H,19,20). The van der Waals surface area contributed by atoms with Crippen LogP contribution in [0, 0.1) is 16.2 Å². The summed E-state index contributed by atoms with van der Waals surface area (Å²) >= 11 is 0. The van der Waals surface area contributed by atoms with E-state index in [1.165, 1.54) is 0 Å². The van der Waals surface area contributed by atoms with Crippen LogP contribution in [0.2, 0.25) is 0 Å². The minimum absolute atomic E-state index is 0.0889. The van der Waals surface area contributed by atoms with E-state index < -0.39 is 11.4 Å². The first-order chi connectivity index (χ1) is 9.13. The summed E-state index contributed by atoms with van der Waals surface area (Å²) in [4.78, 5) is 23.9. The van der Waals surface area contributed by atoms with E-state index in [0.717, 1.165) is 19.3 Å². The Labute approximate surface area is 121 Å². The molecular weight excluding hydrogens is 254 g/mol. The second kappa shape index (κ2) is 4.74. The van der Waals surface area contributed by atoms with Gasteiger partial charge in [-0.15, -0.1) is 0 Å². The Balaban J connectivity index is 1.99. The zero-order valence-electron chi connectivity index (χ0n) is 13.1. The summed E-state index contributed by atoms with van der Waals surface area (Å²) < 4.78 is 0. The van der Waals surface area contributed by atoms with Crippen molar-refractivity contribution < 1.29 is 14.7 Å². The van der Waals surface area contributed by atoms with Gasteiger partial charge in [0.05, 0.1) is 5.41 Å². The fraction of sp³-hybridized carbons (Fsp3) is 0.875. The smallest absolute Gasteiger partial charge is 0.310 e. The van der Waals surface area contributed by atoms with Gasteiger partial charge in [0.2, 0.25) is 5.91 Å². The molecule has 2 rings (SSSR count). The summed E-state index contributed by atoms with van der Waals surface area (Å²) in [6, 6.07) is 0.150. The molecule has 20 heavy (non-hydrogen) atoms. The van der Waals surface area contributed by atoms with Gasteiger partial charge >= 0.3 is 5.97 Å². The molecule has 4 nitrogen and oxygen atoms in total. The van der Waals surface area contributed by atoms with Crippen molar-refractivity contribution in [1.82, 2.24) is 5.32 Å². The number of carboxylic acid groups (broad SMARTS) is 1. The number of carboxylic acids is 1. The molecule has 0 spiro atoms. The fourth-order valence-electron chi connectivity index (χ4n) is 3.77. The number of hydrogen-bond acceptors (Lipinski definition) is 2. The van der Waals surface area contributed by atoms with Gasteiger partial charge in [0.25, 0.3) is 0 Å². The average Bonchev–Trinajstić information content (AvgIpc) is 2.72. The SMILES string of the molecule is CC1(C)C(NC(=O)CC2(C(=O)O)CCCCC2)C1(C)C. The van der Waals surface area contributed by atoms with Crippen LogP contribution in [0.5, 0.6) is 0 Å². The number of rotatable bonds is 4. The summed E-state index contributed by atoms with van der Waals surface area (Å²) in [6.45, 7) is 8.58. The van der Waals surface area contributed by atoms with Crippen LogP contribution in [-0.4, -0.2) is 23.0 Å². The Morgan fingerprint density at radius 1 is 1.05 bits per heavy atom. The van der Waals surface area contributed by atoms with Crippen molar-refractivity contribution in [2.24, 2.45) is 16.2 Å². The summed E-state index contributed by atoms with van der Waals surface area (Å²) in [5.41, 5.74) is -0.650. The maximum atomic E-state index is 12.3. The van der Waals surface area contributed by atoms with Gasteiger partial charge < -0.3 is 10.4 Å². The van der Waals surface area contributed by atoms with E-state index in [1.807, 2.05) is 0 Å². The van der Waals surface area contributed by atoms with Crippen LogP contribution < -0.4 is 5.32 Å². The Hall–Kier alpha value is -1.06. The van der Waals surface area contributed by atoms with E-state index in [9.17, 15) is 14.7 Å². The lowest BCUT2D eigenvalue weighted by molar-refractivity contribution is -0.154. The Bertz CT molecular complexity index is 405. The molecule has 2 fully saturated rings. The van der Waals surface area contributed by atoms with E-state index in [4.69, 9.17) is 0 Å². The largest absolute Gasteiger partial charge is 0.481 e. The van der Waals surface area contributed by atoms with E-state index in [2.05, 4.69) is 33.0 Å². The highest BCUT2D eigenvalue weighted by atomic mass is 16.4. The average molecular weight is 281 g/mol. The van der Waals surface area contributed by atoms with Gasteiger partial charge in [-0.1, -0.05) is 47.0 Å². The maximum absolute atomic E-state index is 12.3. The maximum Gasteiger partial charge on any atom is 0.310 e. The van der Waals surface area contributed by atoms with Crippen molar-refractivity contribution in [3.05, 3.63) is 0 Å². The van der Waals surface area contributed by atoms with Gasteiger partial charge in [-0.05, 0) is 23.7 Å². The number of carbonyl (C=O) groups excluding carboxylic acids is 1. The fourth-order valence-corrected chi connectivity index (χ4v) is 3.77. The molecule has 2 saturated carbocycles. The van der Waals surface area contributed by atoms with Crippen molar-refractivity contribution >= 4 is 11.9 Å². The molecule has 0 heterocycles. The highest BCUT2D eigenvalue weighted by molar-refractivity contribution is 5.85. The third kappa shape index (κ3) is 2.33. The molecule has 1 amide bonds. The molecule has 0 aromatic rings. The molecule has 0 unspecified atom stereocenters. The molecule has 0 atom stereocenters. The predicted octanol–water partition coefficient (Wildman–Crippen LogP) is 2.96. The van der Waals surface area contributed by atoms with E-state index in [0.29, 0.717) is 12.8 Å². The highest BCUT2D eigenvalue weighted by Gasteiger charge is 2.65. The molecule has 2 N–H and O–H groups in total. The lowest BCUT2D eigenvalue weighted by atomic mass is 9.71.